The van der Waals surface area contributed by atoms with E-state index >= 15 is 0 Å². The van der Waals surface area contributed by atoms with Gasteiger partial charge in [-0.25, -0.2) is 8.42 Å². The second-order valence-corrected chi connectivity index (χ2v) is 13.2. The Morgan fingerprint density at radius 1 is 0.881 bits per heavy atom. The number of carbonyl (C=O) groups is 2. The van der Waals surface area contributed by atoms with Gasteiger partial charge in [-0.15, -0.1) is 0 Å². The van der Waals surface area contributed by atoms with E-state index in [1.54, 1.807) is 54.6 Å². The molecule has 0 saturated carbocycles. The summed E-state index contributed by atoms with van der Waals surface area (Å²) in [5.41, 5.74) is 3.33. The standard InChI is InChI=1S/C33H33ClN2O5S/c1-22-9-16-28(17-10-22)42(39,40)36(29-20-26(34)15-18-30(29)41-5)21-31(37)35-27-8-6-7-24(19-27)32(38)23-11-13-25(14-12-23)33(2,3)4/h6-20H,21H2,1-5H3,(H,35,37). The van der Waals surface area contributed by atoms with Crippen molar-refractivity contribution in [3.8, 4) is 5.75 Å². The molecule has 0 aliphatic heterocycles. The van der Waals surface area contributed by atoms with Gasteiger partial charge in [0.2, 0.25) is 5.91 Å². The van der Waals surface area contributed by atoms with Gasteiger partial charge in [0.1, 0.15) is 12.3 Å². The van der Waals surface area contributed by atoms with Gasteiger partial charge in [0.25, 0.3) is 10.0 Å². The highest BCUT2D eigenvalue weighted by atomic mass is 35.5. The van der Waals surface area contributed by atoms with Crippen LogP contribution in [0.2, 0.25) is 5.02 Å². The van der Waals surface area contributed by atoms with Crippen LogP contribution >= 0.6 is 11.6 Å². The lowest BCUT2D eigenvalue weighted by atomic mass is 9.86. The molecule has 9 heteroatoms. The molecule has 0 heterocycles. The molecule has 0 bridgehead atoms. The van der Waals surface area contributed by atoms with Crippen LogP contribution in [0.5, 0.6) is 5.75 Å². The third-order valence-electron chi connectivity index (χ3n) is 6.73. The van der Waals surface area contributed by atoms with E-state index in [1.165, 1.54) is 31.4 Å². The topological polar surface area (TPSA) is 92.8 Å². The van der Waals surface area contributed by atoms with Crippen molar-refractivity contribution in [3.63, 3.8) is 0 Å². The van der Waals surface area contributed by atoms with Crippen LogP contribution in [0.25, 0.3) is 0 Å². The lowest BCUT2D eigenvalue weighted by Crippen LogP contribution is -2.38. The second kappa shape index (κ2) is 12.4. The van der Waals surface area contributed by atoms with Gasteiger partial charge < -0.3 is 10.1 Å². The molecule has 42 heavy (non-hydrogen) atoms. The zero-order valence-corrected chi connectivity index (χ0v) is 25.7. The first-order valence-corrected chi connectivity index (χ1v) is 15.1. The number of amides is 1. The van der Waals surface area contributed by atoms with Gasteiger partial charge in [0.15, 0.2) is 5.78 Å². The lowest BCUT2D eigenvalue weighted by Gasteiger charge is -2.26. The first-order chi connectivity index (χ1) is 19.8. The Hall–Kier alpha value is -4.14. The van der Waals surface area contributed by atoms with E-state index in [-0.39, 0.29) is 32.6 Å². The number of benzene rings is 4. The number of rotatable bonds is 9. The molecule has 4 aromatic rings. The van der Waals surface area contributed by atoms with E-state index in [2.05, 4.69) is 26.1 Å². The number of hydrogen-bond donors (Lipinski definition) is 1. The molecule has 0 atom stereocenters. The molecule has 0 aromatic heterocycles. The third kappa shape index (κ3) is 7.01. The van der Waals surface area contributed by atoms with E-state index in [1.807, 2.05) is 19.1 Å². The maximum Gasteiger partial charge on any atom is 0.264 e. The fraction of sp³-hybridized carbons (Fsp3) is 0.212. The molecule has 0 saturated heterocycles. The minimum absolute atomic E-state index is 0.00741. The quantitative estimate of drug-likeness (QED) is 0.207. The number of ether oxygens (including phenoxy) is 1. The molecule has 0 fully saturated rings. The van der Waals surface area contributed by atoms with Crippen molar-refractivity contribution < 1.29 is 22.7 Å². The number of methoxy groups -OCH3 is 1. The summed E-state index contributed by atoms with van der Waals surface area (Å²) in [5, 5.41) is 3.01. The molecule has 4 rings (SSSR count). The maximum absolute atomic E-state index is 13.8. The molecule has 1 amide bonds. The average molecular weight is 605 g/mol. The van der Waals surface area contributed by atoms with Crippen LogP contribution in [0.4, 0.5) is 11.4 Å². The van der Waals surface area contributed by atoms with Gasteiger partial charge in [-0.1, -0.05) is 86.5 Å². The Labute approximate surface area is 252 Å². The summed E-state index contributed by atoms with van der Waals surface area (Å²) in [5.74, 6) is -0.585. The van der Waals surface area contributed by atoms with Crippen LogP contribution in [-0.2, 0) is 20.2 Å². The molecular weight excluding hydrogens is 572 g/mol. The zero-order valence-electron chi connectivity index (χ0n) is 24.1. The number of nitrogens with zero attached hydrogens (tertiary/aromatic N) is 1. The van der Waals surface area contributed by atoms with E-state index < -0.39 is 22.5 Å². The van der Waals surface area contributed by atoms with Crippen LogP contribution in [-0.4, -0.2) is 33.8 Å². The van der Waals surface area contributed by atoms with Crippen molar-refractivity contribution in [3.05, 3.63) is 118 Å². The largest absolute Gasteiger partial charge is 0.495 e. The summed E-state index contributed by atoms with van der Waals surface area (Å²) in [4.78, 5) is 26.5. The average Bonchev–Trinajstić information content (AvgIpc) is 2.95. The highest BCUT2D eigenvalue weighted by molar-refractivity contribution is 7.92. The summed E-state index contributed by atoms with van der Waals surface area (Å²) in [6.45, 7) is 7.59. The summed E-state index contributed by atoms with van der Waals surface area (Å²) >= 11 is 6.22. The molecule has 7 nitrogen and oxygen atoms in total. The van der Waals surface area contributed by atoms with Gasteiger partial charge in [-0.3, -0.25) is 13.9 Å². The van der Waals surface area contributed by atoms with Crippen molar-refractivity contribution >= 4 is 44.7 Å². The van der Waals surface area contributed by atoms with E-state index in [4.69, 9.17) is 16.3 Å². The van der Waals surface area contributed by atoms with E-state index in [9.17, 15) is 18.0 Å². The summed E-state index contributed by atoms with van der Waals surface area (Å²) in [7, 11) is -2.79. The first-order valence-electron chi connectivity index (χ1n) is 13.3. The third-order valence-corrected chi connectivity index (χ3v) is 8.74. The second-order valence-electron chi connectivity index (χ2n) is 10.9. The van der Waals surface area contributed by atoms with Gasteiger partial charge in [-0.05, 0) is 60.4 Å². The monoisotopic (exact) mass is 604 g/mol. The molecule has 4 aromatic carbocycles. The minimum Gasteiger partial charge on any atom is -0.495 e. The van der Waals surface area contributed by atoms with Gasteiger partial charge in [0.05, 0.1) is 17.7 Å². The Morgan fingerprint density at radius 3 is 2.17 bits per heavy atom. The van der Waals surface area contributed by atoms with E-state index in [0.717, 1.165) is 15.4 Å². The fourth-order valence-corrected chi connectivity index (χ4v) is 5.94. The summed E-state index contributed by atoms with van der Waals surface area (Å²) < 4.78 is 34.0. The van der Waals surface area contributed by atoms with Gasteiger partial charge in [0, 0.05) is 21.8 Å². The van der Waals surface area contributed by atoms with Crippen molar-refractivity contribution in [1.29, 1.82) is 0 Å². The van der Waals surface area contributed by atoms with Crippen molar-refractivity contribution in [2.24, 2.45) is 0 Å². The smallest absolute Gasteiger partial charge is 0.264 e. The molecule has 0 aliphatic carbocycles. The summed E-state index contributed by atoms with van der Waals surface area (Å²) in [6, 6.07) is 24.9. The molecule has 218 valence electrons. The Bertz CT molecular complexity index is 1710. The maximum atomic E-state index is 13.8. The molecule has 0 radical (unpaired) electrons. The highest BCUT2D eigenvalue weighted by Crippen LogP contribution is 2.35. The number of ketones is 1. The highest BCUT2D eigenvalue weighted by Gasteiger charge is 2.30. The molecule has 0 aliphatic rings. The van der Waals surface area contributed by atoms with Crippen LogP contribution < -0.4 is 14.4 Å². The van der Waals surface area contributed by atoms with E-state index in [0.29, 0.717) is 16.8 Å². The molecule has 0 spiro atoms. The normalized spacial score (nSPS) is 11.6. The van der Waals surface area contributed by atoms with Gasteiger partial charge >= 0.3 is 0 Å². The SMILES string of the molecule is COc1ccc(Cl)cc1N(CC(=O)Nc1cccc(C(=O)c2ccc(C(C)(C)C)cc2)c1)S(=O)(=O)c1ccc(C)cc1. The molecule has 0 unspecified atom stereocenters. The number of carbonyl (C=O) groups excluding carboxylic acids is 2. The molecular formula is C33H33ClN2O5S. The van der Waals surface area contributed by atoms with Gasteiger partial charge in [-0.2, -0.15) is 0 Å². The van der Waals surface area contributed by atoms with Crippen LogP contribution in [0.1, 0.15) is 47.8 Å². The fourth-order valence-electron chi connectivity index (χ4n) is 4.35. The predicted octanol–water partition coefficient (Wildman–Crippen LogP) is 7.02. The first kappa shape index (κ1) is 30.8. The van der Waals surface area contributed by atoms with Crippen LogP contribution in [0.3, 0.4) is 0 Å². The number of hydrogen-bond acceptors (Lipinski definition) is 5. The molecule has 1 N–H and O–H groups in total. The number of aryl methyl sites for hydroxylation is 1. The number of halogens is 1. The van der Waals surface area contributed by atoms with Crippen LogP contribution in [0.15, 0.2) is 95.9 Å². The number of nitrogens with one attached hydrogen (secondary N) is 1. The summed E-state index contributed by atoms with van der Waals surface area (Å²) in [6.07, 6.45) is 0. The van der Waals surface area contributed by atoms with Crippen molar-refractivity contribution in [2.75, 3.05) is 23.3 Å². The minimum atomic E-state index is -4.20. The Kier molecular flexibility index (Phi) is 9.09. The van der Waals surface area contributed by atoms with Crippen molar-refractivity contribution in [1.82, 2.24) is 0 Å². The number of sulfonamides is 1. The number of anilines is 2. The lowest BCUT2D eigenvalue weighted by molar-refractivity contribution is -0.114. The van der Waals surface area contributed by atoms with Crippen LogP contribution in [0, 0.1) is 6.92 Å². The predicted molar refractivity (Wildman–Crippen MR) is 167 cm³/mol. The Morgan fingerprint density at radius 2 is 1.55 bits per heavy atom. The van der Waals surface area contributed by atoms with Crippen molar-refractivity contribution in [2.45, 2.75) is 38.0 Å². The zero-order chi connectivity index (χ0) is 30.7. The Balaban J connectivity index is 1.61.